The lowest BCUT2D eigenvalue weighted by Gasteiger charge is -2.34. The lowest BCUT2D eigenvalue weighted by Crippen LogP contribution is -2.41. The van der Waals surface area contributed by atoms with Crippen molar-refractivity contribution in [3.8, 4) is 0 Å². The first kappa shape index (κ1) is 17.3. The molecule has 1 heterocycles. The zero-order valence-corrected chi connectivity index (χ0v) is 15.7. The molecule has 1 aliphatic heterocycles. The van der Waals surface area contributed by atoms with Crippen molar-refractivity contribution < 1.29 is 4.79 Å². The monoisotopic (exact) mass is 366 g/mol. The molecule has 3 nitrogen and oxygen atoms in total. The molecule has 1 saturated heterocycles. The number of amides is 1. The molecular formula is C22H23ClN2O. The zero-order chi connectivity index (χ0) is 18.1. The number of aryl methyl sites for hydroxylation is 1. The Balaban J connectivity index is 1.41. The van der Waals surface area contributed by atoms with Gasteiger partial charge < -0.3 is 5.32 Å². The van der Waals surface area contributed by atoms with Crippen molar-refractivity contribution in [2.24, 2.45) is 5.92 Å². The molecule has 1 N–H and O–H groups in total. The van der Waals surface area contributed by atoms with E-state index in [0.29, 0.717) is 10.6 Å². The Morgan fingerprint density at radius 3 is 2.69 bits per heavy atom. The average molecular weight is 367 g/mol. The van der Waals surface area contributed by atoms with Crippen molar-refractivity contribution in [2.45, 2.75) is 19.8 Å². The van der Waals surface area contributed by atoms with Crippen LogP contribution in [0.3, 0.4) is 0 Å². The van der Waals surface area contributed by atoms with Gasteiger partial charge in [-0.2, -0.15) is 0 Å². The third-order valence-corrected chi connectivity index (χ3v) is 5.41. The summed E-state index contributed by atoms with van der Waals surface area (Å²) in [6, 6.07) is 13.3. The maximum absolute atomic E-state index is 12.5. The van der Waals surface area contributed by atoms with E-state index in [9.17, 15) is 4.79 Å². The predicted molar refractivity (Wildman–Crippen MR) is 108 cm³/mol. The number of nitrogens with zero attached hydrogens (tertiary/aromatic N) is 1. The molecule has 1 amide bonds. The molecule has 0 bridgehead atoms. The Morgan fingerprint density at radius 1 is 1.23 bits per heavy atom. The highest BCUT2D eigenvalue weighted by Gasteiger charge is 2.28. The molecule has 2 fully saturated rings. The highest BCUT2D eigenvalue weighted by atomic mass is 35.5. The van der Waals surface area contributed by atoms with Gasteiger partial charge in [-0.1, -0.05) is 41.9 Å². The number of rotatable bonds is 5. The molecule has 2 aromatic rings. The summed E-state index contributed by atoms with van der Waals surface area (Å²) in [7, 11) is 0. The van der Waals surface area contributed by atoms with E-state index >= 15 is 0 Å². The number of anilines is 1. The van der Waals surface area contributed by atoms with Crippen molar-refractivity contribution in [1.82, 2.24) is 4.90 Å². The van der Waals surface area contributed by atoms with Crippen LogP contribution in [-0.2, 0) is 0 Å². The SMILES string of the molecule is Cc1ccccc1NC(=O)c1ccc(C=C2CN(CC3CC3)C2)c(Cl)c1. The van der Waals surface area contributed by atoms with Crippen LogP contribution >= 0.6 is 11.6 Å². The Kier molecular flexibility index (Phi) is 4.84. The number of benzene rings is 2. The summed E-state index contributed by atoms with van der Waals surface area (Å²) in [6.07, 6.45) is 4.95. The summed E-state index contributed by atoms with van der Waals surface area (Å²) in [5.74, 6) is 0.797. The van der Waals surface area contributed by atoms with Gasteiger partial charge in [0.2, 0.25) is 0 Å². The third kappa shape index (κ3) is 4.00. The molecule has 0 unspecified atom stereocenters. The van der Waals surface area contributed by atoms with Gasteiger partial charge in [-0.15, -0.1) is 0 Å². The molecule has 4 rings (SSSR count). The number of nitrogens with one attached hydrogen (secondary N) is 1. The van der Waals surface area contributed by atoms with Crippen LogP contribution in [0.25, 0.3) is 6.08 Å². The van der Waals surface area contributed by atoms with E-state index < -0.39 is 0 Å². The van der Waals surface area contributed by atoms with E-state index in [2.05, 4.69) is 16.3 Å². The molecule has 0 radical (unpaired) electrons. The second-order valence-corrected chi connectivity index (χ2v) is 7.83. The molecule has 134 valence electrons. The zero-order valence-electron chi connectivity index (χ0n) is 15.0. The van der Waals surface area contributed by atoms with Crippen molar-refractivity contribution in [2.75, 3.05) is 25.0 Å². The fourth-order valence-electron chi connectivity index (χ4n) is 3.33. The van der Waals surface area contributed by atoms with E-state index in [1.807, 2.05) is 43.3 Å². The summed E-state index contributed by atoms with van der Waals surface area (Å²) >= 11 is 6.43. The number of halogens is 1. The molecule has 0 spiro atoms. The molecule has 1 saturated carbocycles. The van der Waals surface area contributed by atoms with Crippen LogP contribution in [0.15, 0.2) is 48.0 Å². The Morgan fingerprint density at radius 2 is 2.00 bits per heavy atom. The van der Waals surface area contributed by atoms with Crippen LogP contribution in [0.1, 0.15) is 34.3 Å². The van der Waals surface area contributed by atoms with E-state index in [0.717, 1.165) is 35.8 Å². The standard InChI is InChI=1S/C22H23ClN2O/c1-15-4-2-3-5-21(15)24-22(26)19-9-8-18(20(23)11-19)10-17-13-25(14-17)12-16-6-7-16/h2-5,8-11,16H,6-7,12-14H2,1H3,(H,24,26). The number of hydrogen-bond acceptors (Lipinski definition) is 2. The van der Waals surface area contributed by atoms with Crippen LogP contribution in [0.4, 0.5) is 5.69 Å². The number of para-hydroxylation sites is 1. The molecule has 4 heteroatoms. The average Bonchev–Trinajstić information content (AvgIpc) is 3.40. The lowest BCUT2D eigenvalue weighted by molar-refractivity contribution is 0.102. The Hall–Kier alpha value is -2.10. The maximum atomic E-state index is 12.5. The van der Waals surface area contributed by atoms with Crippen molar-refractivity contribution in [1.29, 1.82) is 0 Å². The lowest BCUT2D eigenvalue weighted by atomic mass is 10.0. The van der Waals surface area contributed by atoms with Crippen LogP contribution in [0.5, 0.6) is 0 Å². The summed E-state index contributed by atoms with van der Waals surface area (Å²) in [5, 5.41) is 3.57. The second-order valence-electron chi connectivity index (χ2n) is 7.42. The Labute approximate surface area is 159 Å². The van der Waals surface area contributed by atoms with Gasteiger partial charge in [0.15, 0.2) is 0 Å². The summed E-state index contributed by atoms with van der Waals surface area (Å²) in [6.45, 7) is 5.30. The first-order valence-corrected chi connectivity index (χ1v) is 9.54. The summed E-state index contributed by atoms with van der Waals surface area (Å²) in [5.41, 5.74) is 4.83. The molecule has 2 aromatic carbocycles. The Bertz CT molecular complexity index is 862. The fraction of sp³-hybridized carbons (Fsp3) is 0.318. The van der Waals surface area contributed by atoms with E-state index in [4.69, 9.17) is 11.6 Å². The van der Waals surface area contributed by atoms with E-state index in [1.54, 1.807) is 6.07 Å². The van der Waals surface area contributed by atoms with Crippen LogP contribution in [-0.4, -0.2) is 30.4 Å². The highest BCUT2D eigenvalue weighted by Crippen LogP contribution is 2.32. The molecule has 0 atom stereocenters. The van der Waals surface area contributed by atoms with Crippen molar-refractivity contribution in [3.63, 3.8) is 0 Å². The largest absolute Gasteiger partial charge is 0.322 e. The second kappa shape index (κ2) is 7.26. The minimum absolute atomic E-state index is 0.139. The number of hydrogen-bond donors (Lipinski definition) is 1. The van der Waals surface area contributed by atoms with Crippen molar-refractivity contribution >= 4 is 29.3 Å². The molecule has 0 aromatic heterocycles. The van der Waals surface area contributed by atoms with Gasteiger partial charge in [0, 0.05) is 35.9 Å². The molecule has 1 aliphatic carbocycles. The van der Waals surface area contributed by atoms with Crippen LogP contribution in [0, 0.1) is 12.8 Å². The summed E-state index contributed by atoms with van der Waals surface area (Å²) in [4.78, 5) is 15.0. The topological polar surface area (TPSA) is 32.3 Å². The van der Waals surface area contributed by atoms with E-state index in [-0.39, 0.29) is 5.91 Å². The van der Waals surface area contributed by atoms with Crippen molar-refractivity contribution in [3.05, 3.63) is 69.8 Å². The van der Waals surface area contributed by atoms with Gasteiger partial charge in [-0.3, -0.25) is 9.69 Å². The van der Waals surface area contributed by atoms with Gasteiger partial charge in [0.05, 0.1) is 0 Å². The first-order chi connectivity index (χ1) is 12.6. The third-order valence-electron chi connectivity index (χ3n) is 5.08. The first-order valence-electron chi connectivity index (χ1n) is 9.17. The minimum atomic E-state index is -0.139. The van der Waals surface area contributed by atoms with Gasteiger partial charge >= 0.3 is 0 Å². The molecule has 26 heavy (non-hydrogen) atoms. The van der Waals surface area contributed by atoms with Gasteiger partial charge in [-0.05, 0) is 60.6 Å². The van der Waals surface area contributed by atoms with Gasteiger partial charge in [0.1, 0.15) is 0 Å². The highest BCUT2D eigenvalue weighted by molar-refractivity contribution is 6.32. The molecular weight excluding hydrogens is 344 g/mol. The minimum Gasteiger partial charge on any atom is -0.322 e. The quantitative estimate of drug-likeness (QED) is 0.806. The normalized spacial score (nSPS) is 16.9. The number of likely N-dealkylation sites (tertiary alicyclic amines) is 1. The summed E-state index contributed by atoms with van der Waals surface area (Å²) < 4.78 is 0. The van der Waals surface area contributed by atoms with Gasteiger partial charge in [0.25, 0.3) is 5.91 Å². The van der Waals surface area contributed by atoms with E-state index in [1.165, 1.54) is 25.0 Å². The maximum Gasteiger partial charge on any atom is 0.255 e. The smallest absolute Gasteiger partial charge is 0.255 e. The van der Waals surface area contributed by atoms with Crippen LogP contribution in [0.2, 0.25) is 5.02 Å². The van der Waals surface area contributed by atoms with Gasteiger partial charge in [-0.25, -0.2) is 0 Å². The predicted octanol–water partition coefficient (Wildman–Crippen LogP) is 5.01. The molecule has 2 aliphatic rings. The number of carbonyl (C=O) groups excluding carboxylic acids is 1. The van der Waals surface area contributed by atoms with Crippen LogP contribution < -0.4 is 5.32 Å². The fourth-order valence-corrected chi connectivity index (χ4v) is 3.56. The number of carbonyl (C=O) groups is 1.